The number of anilines is 1. The molecule has 1 rings (SSSR count). The first-order chi connectivity index (χ1) is 8.15. The lowest BCUT2D eigenvalue weighted by atomic mass is 10.1. The van der Waals surface area contributed by atoms with Gasteiger partial charge in [0.1, 0.15) is 5.69 Å². The average Bonchev–Trinajstić information content (AvgIpc) is 2.28. The molecule has 0 unspecified atom stereocenters. The van der Waals surface area contributed by atoms with Crippen LogP contribution in [-0.4, -0.2) is 11.5 Å². The third kappa shape index (κ3) is 4.43. The molecule has 0 radical (unpaired) electrons. The van der Waals surface area contributed by atoms with E-state index in [-0.39, 0.29) is 10.6 Å². The highest BCUT2D eigenvalue weighted by Gasteiger charge is 2.12. The molecule has 1 aromatic rings. The fourth-order valence-corrected chi connectivity index (χ4v) is 1.73. The summed E-state index contributed by atoms with van der Waals surface area (Å²) < 4.78 is 0. The average molecular weight is 236 g/mol. The monoisotopic (exact) mass is 236 g/mol. The Bertz CT molecular complexity index is 378. The van der Waals surface area contributed by atoms with E-state index >= 15 is 0 Å². The van der Waals surface area contributed by atoms with Crippen molar-refractivity contribution in [3.8, 4) is 0 Å². The molecule has 0 amide bonds. The Morgan fingerprint density at radius 1 is 1.29 bits per heavy atom. The Balaban J connectivity index is 2.56. The summed E-state index contributed by atoms with van der Waals surface area (Å²) in [4.78, 5) is 10.5. The quantitative estimate of drug-likeness (QED) is 0.444. The Labute approximate surface area is 102 Å². The van der Waals surface area contributed by atoms with E-state index in [2.05, 4.69) is 12.2 Å². The van der Waals surface area contributed by atoms with Crippen LogP contribution in [0.3, 0.4) is 0 Å². The van der Waals surface area contributed by atoms with Gasteiger partial charge in [0, 0.05) is 12.6 Å². The molecular weight excluding hydrogens is 216 g/mol. The third-order valence-electron chi connectivity index (χ3n) is 2.69. The highest BCUT2D eigenvalue weighted by atomic mass is 16.6. The number of nitro benzene ring substituents is 1. The van der Waals surface area contributed by atoms with Crippen LogP contribution in [0.1, 0.15) is 38.2 Å². The minimum atomic E-state index is -0.339. The number of hydrogen-bond donors (Lipinski definition) is 1. The smallest absolute Gasteiger partial charge is 0.292 e. The Morgan fingerprint density at radius 3 is 2.71 bits per heavy atom. The van der Waals surface area contributed by atoms with Crippen molar-refractivity contribution >= 4 is 11.4 Å². The van der Waals surface area contributed by atoms with E-state index in [9.17, 15) is 10.1 Å². The number of nitrogens with one attached hydrogen (secondary N) is 1. The van der Waals surface area contributed by atoms with Gasteiger partial charge in [0.15, 0.2) is 0 Å². The maximum Gasteiger partial charge on any atom is 0.292 e. The molecule has 0 saturated carbocycles. The van der Waals surface area contributed by atoms with E-state index in [0.29, 0.717) is 5.69 Å². The van der Waals surface area contributed by atoms with Crippen molar-refractivity contribution in [1.82, 2.24) is 0 Å². The molecule has 0 aromatic heterocycles. The predicted molar refractivity (Wildman–Crippen MR) is 70.5 cm³/mol. The SMILES string of the molecule is CCCCCCNc1cc(C)ccc1[N+](=O)[O-]. The summed E-state index contributed by atoms with van der Waals surface area (Å²) >= 11 is 0. The van der Waals surface area contributed by atoms with Crippen molar-refractivity contribution in [3.05, 3.63) is 33.9 Å². The third-order valence-corrected chi connectivity index (χ3v) is 2.69. The molecule has 1 N–H and O–H groups in total. The second-order valence-electron chi connectivity index (χ2n) is 4.27. The first-order valence-corrected chi connectivity index (χ1v) is 6.14. The molecule has 4 nitrogen and oxygen atoms in total. The van der Waals surface area contributed by atoms with E-state index in [1.807, 2.05) is 13.0 Å². The van der Waals surface area contributed by atoms with Crippen molar-refractivity contribution in [2.75, 3.05) is 11.9 Å². The topological polar surface area (TPSA) is 55.2 Å². The van der Waals surface area contributed by atoms with Gasteiger partial charge in [0.05, 0.1) is 4.92 Å². The van der Waals surface area contributed by atoms with Gasteiger partial charge in [-0.05, 0) is 25.0 Å². The van der Waals surface area contributed by atoms with Crippen LogP contribution in [0.4, 0.5) is 11.4 Å². The summed E-state index contributed by atoms with van der Waals surface area (Å²) in [7, 11) is 0. The summed E-state index contributed by atoms with van der Waals surface area (Å²) in [5.41, 5.74) is 1.82. The summed E-state index contributed by atoms with van der Waals surface area (Å²) in [6.07, 6.45) is 4.64. The zero-order valence-electron chi connectivity index (χ0n) is 10.5. The molecular formula is C13H20N2O2. The van der Waals surface area contributed by atoms with Crippen LogP contribution in [0, 0.1) is 17.0 Å². The number of nitrogens with zero attached hydrogens (tertiary/aromatic N) is 1. The minimum Gasteiger partial charge on any atom is -0.379 e. The van der Waals surface area contributed by atoms with Gasteiger partial charge in [-0.3, -0.25) is 10.1 Å². The molecule has 4 heteroatoms. The molecule has 0 bridgehead atoms. The molecule has 0 spiro atoms. The van der Waals surface area contributed by atoms with Crippen molar-refractivity contribution < 1.29 is 4.92 Å². The van der Waals surface area contributed by atoms with Crippen LogP contribution in [0.5, 0.6) is 0 Å². The van der Waals surface area contributed by atoms with Gasteiger partial charge in [-0.1, -0.05) is 32.3 Å². The lowest BCUT2D eigenvalue weighted by Gasteiger charge is -2.07. The van der Waals surface area contributed by atoms with Gasteiger partial charge in [0.2, 0.25) is 0 Å². The summed E-state index contributed by atoms with van der Waals surface area (Å²) in [6.45, 7) is 4.90. The highest BCUT2D eigenvalue weighted by molar-refractivity contribution is 5.62. The largest absolute Gasteiger partial charge is 0.379 e. The minimum absolute atomic E-state index is 0.158. The number of aryl methyl sites for hydroxylation is 1. The summed E-state index contributed by atoms with van der Waals surface area (Å²) in [5, 5.41) is 14.0. The molecule has 0 aliphatic carbocycles. The highest BCUT2D eigenvalue weighted by Crippen LogP contribution is 2.25. The summed E-state index contributed by atoms with van der Waals surface area (Å²) in [6, 6.07) is 5.15. The Morgan fingerprint density at radius 2 is 2.06 bits per heavy atom. The molecule has 0 fully saturated rings. The molecule has 0 saturated heterocycles. The van der Waals surface area contributed by atoms with E-state index in [1.54, 1.807) is 12.1 Å². The lowest BCUT2D eigenvalue weighted by molar-refractivity contribution is -0.384. The second-order valence-corrected chi connectivity index (χ2v) is 4.27. The molecule has 0 heterocycles. The standard InChI is InChI=1S/C13H20N2O2/c1-3-4-5-6-9-14-12-10-11(2)7-8-13(12)15(16)17/h7-8,10,14H,3-6,9H2,1-2H3. The number of benzene rings is 1. The van der Waals surface area contributed by atoms with Crippen LogP contribution in [0.25, 0.3) is 0 Å². The fourth-order valence-electron chi connectivity index (χ4n) is 1.73. The van der Waals surface area contributed by atoms with E-state index in [4.69, 9.17) is 0 Å². The van der Waals surface area contributed by atoms with Gasteiger partial charge in [0.25, 0.3) is 5.69 Å². The normalized spacial score (nSPS) is 10.2. The maximum absolute atomic E-state index is 10.8. The number of nitro groups is 1. The number of unbranched alkanes of at least 4 members (excludes halogenated alkanes) is 3. The van der Waals surface area contributed by atoms with Crippen molar-refractivity contribution in [2.24, 2.45) is 0 Å². The molecule has 94 valence electrons. The number of hydrogen-bond acceptors (Lipinski definition) is 3. The number of rotatable bonds is 7. The zero-order valence-corrected chi connectivity index (χ0v) is 10.5. The lowest BCUT2D eigenvalue weighted by Crippen LogP contribution is -2.04. The van der Waals surface area contributed by atoms with Crippen molar-refractivity contribution in [1.29, 1.82) is 0 Å². The Kier molecular flexibility index (Phi) is 5.46. The van der Waals surface area contributed by atoms with Crippen LogP contribution >= 0.6 is 0 Å². The Hall–Kier alpha value is -1.58. The van der Waals surface area contributed by atoms with E-state index in [0.717, 1.165) is 18.5 Å². The predicted octanol–water partition coefficient (Wildman–Crippen LogP) is 3.90. The molecule has 17 heavy (non-hydrogen) atoms. The van der Waals surface area contributed by atoms with Gasteiger partial charge in [-0.25, -0.2) is 0 Å². The van der Waals surface area contributed by atoms with Crippen LogP contribution in [0.15, 0.2) is 18.2 Å². The maximum atomic E-state index is 10.8. The first-order valence-electron chi connectivity index (χ1n) is 6.14. The second kappa shape index (κ2) is 6.89. The molecule has 0 aliphatic rings. The fraction of sp³-hybridized carbons (Fsp3) is 0.538. The first kappa shape index (κ1) is 13.5. The van der Waals surface area contributed by atoms with Crippen molar-refractivity contribution in [3.63, 3.8) is 0 Å². The van der Waals surface area contributed by atoms with Crippen LogP contribution in [-0.2, 0) is 0 Å². The van der Waals surface area contributed by atoms with Gasteiger partial charge >= 0.3 is 0 Å². The van der Waals surface area contributed by atoms with Gasteiger partial charge < -0.3 is 5.32 Å². The van der Waals surface area contributed by atoms with E-state index < -0.39 is 0 Å². The van der Waals surface area contributed by atoms with Gasteiger partial charge in [-0.15, -0.1) is 0 Å². The van der Waals surface area contributed by atoms with E-state index in [1.165, 1.54) is 19.3 Å². The molecule has 0 atom stereocenters. The summed E-state index contributed by atoms with van der Waals surface area (Å²) in [5.74, 6) is 0. The van der Waals surface area contributed by atoms with Gasteiger partial charge in [-0.2, -0.15) is 0 Å². The van der Waals surface area contributed by atoms with Crippen LogP contribution < -0.4 is 5.32 Å². The molecule has 0 aliphatic heterocycles. The zero-order chi connectivity index (χ0) is 12.7. The molecule has 1 aromatic carbocycles. The van der Waals surface area contributed by atoms with Crippen molar-refractivity contribution in [2.45, 2.75) is 39.5 Å². The van der Waals surface area contributed by atoms with Crippen LogP contribution in [0.2, 0.25) is 0 Å².